The summed E-state index contributed by atoms with van der Waals surface area (Å²) in [7, 11) is 0. The van der Waals surface area contributed by atoms with E-state index in [-0.39, 0.29) is 11.2 Å². The van der Waals surface area contributed by atoms with Crippen LogP contribution in [0.15, 0.2) is 133 Å². The van der Waals surface area contributed by atoms with Crippen LogP contribution in [-0.2, 0) is 5.41 Å². The molecule has 0 amide bonds. The van der Waals surface area contributed by atoms with Gasteiger partial charge in [-0.15, -0.1) is 13.2 Å². The average molecular weight is 597 g/mol. The lowest BCUT2D eigenvalue weighted by Crippen LogP contribution is -2.16. The maximum atomic E-state index is 12.8. The smallest absolute Gasteiger partial charge is 0.406 e. The van der Waals surface area contributed by atoms with E-state index in [1.54, 1.807) is 12.1 Å². The topological polar surface area (TPSA) is 9.23 Å². The maximum absolute atomic E-state index is 12.8. The van der Waals surface area contributed by atoms with Crippen molar-refractivity contribution in [3.63, 3.8) is 0 Å². The van der Waals surface area contributed by atoms with E-state index in [4.69, 9.17) is 0 Å². The highest BCUT2D eigenvalue weighted by atomic mass is 19.4. The molecule has 0 bridgehead atoms. The molecule has 0 spiro atoms. The Morgan fingerprint density at radius 1 is 0.444 bits per heavy atom. The maximum Gasteiger partial charge on any atom is 0.573 e. The van der Waals surface area contributed by atoms with Crippen LogP contribution in [0, 0.1) is 0 Å². The quantitative estimate of drug-likeness (QED) is 0.184. The second-order valence-electron chi connectivity index (χ2n) is 12.5. The monoisotopic (exact) mass is 596 g/mol. The van der Waals surface area contributed by atoms with E-state index in [1.807, 2.05) is 6.07 Å². The summed E-state index contributed by atoms with van der Waals surface area (Å²) in [5, 5.41) is 6.85. The molecule has 0 N–H and O–H groups in total. The van der Waals surface area contributed by atoms with Crippen molar-refractivity contribution in [2.75, 3.05) is 0 Å². The molecule has 0 aromatic heterocycles. The zero-order valence-corrected chi connectivity index (χ0v) is 25.2. The first-order chi connectivity index (χ1) is 21.5. The Balaban J connectivity index is 1.50. The van der Waals surface area contributed by atoms with Gasteiger partial charge in [0.15, 0.2) is 0 Å². The lowest BCUT2D eigenvalue weighted by atomic mass is 9.83. The van der Waals surface area contributed by atoms with Gasteiger partial charge in [0.05, 0.1) is 0 Å². The van der Waals surface area contributed by atoms with Crippen molar-refractivity contribution in [2.45, 2.75) is 32.5 Å². The van der Waals surface area contributed by atoms with Crippen LogP contribution >= 0.6 is 0 Å². The Hall–Kier alpha value is -5.09. The zero-order valence-electron chi connectivity index (χ0n) is 25.2. The van der Waals surface area contributed by atoms with Gasteiger partial charge < -0.3 is 4.74 Å². The molecule has 0 fully saturated rings. The minimum Gasteiger partial charge on any atom is -0.406 e. The van der Waals surface area contributed by atoms with Gasteiger partial charge in [-0.05, 0) is 101 Å². The number of benzene rings is 7. The van der Waals surface area contributed by atoms with Crippen LogP contribution in [0.5, 0.6) is 5.75 Å². The molecule has 1 nitrogen and oxygen atoms in total. The van der Waals surface area contributed by atoms with Crippen LogP contribution in [0.3, 0.4) is 0 Å². The van der Waals surface area contributed by atoms with Crippen molar-refractivity contribution >= 4 is 32.3 Å². The Morgan fingerprint density at radius 3 is 1.62 bits per heavy atom. The van der Waals surface area contributed by atoms with Gasteiger partial charge in [0, 0.05) is 0 Å². The molecule has 0 aliphatic rings. The van der Waals surface area contributed by atoms with Gasteiger partial charge in [-0.1, -0.05) is 130 Å². The summed E-state index contributed by atoms with van der Waals surface area (Å²) in [4.78, 5) is 0. The second kappa shape index (κ2) is 10.8. The number of halogens is 3. The third kappa shape index (κ3) is 5.53. The standard InChI is InChI=1S/C41H31F3O/c1-40(2,3)32-19-14-28(15-20-32)38-34-10-6-7-11-35(34)39(31-13-12-26-8-4-5-9-29(26)24-31)36-23-18-30(25-37(36)38)27-16-21-33(22-17-27)45-41(42,43)44/h4-25H,1-3H3. The van der Waals surface area contributed by atoms with Gasteiger partial charge in [0.25, 0.3) is 0 Å². The van der Waals surface area contributed by atoms with Crippen LogP contribution in [0.25, 0.3) is 65.7 Å². The molecule has 7 aromatic carbocycles. The van der Waals surface area contributed by atoms with E-state index < -0.39 is 6.36 Å². The molecule has 7 aromatic rings. The van der Waals surface area contributed by atoms with Crippen LogP contribution in [0.4, 0.5) is 13.2 Å². The van der Waals surface area contributed by atoms with E-state index in [2.05, 4.69) is 129 Å². The Bertz CT molecular complexity index is 2190. The molecular formula is C41H31F3O. The first-order valence-electron chi connectivity index (χ1n) is 15.0. The highest BCUT2D eigenvalue weighted by Gasteiger charge is 2.31. The summed E-state index contributed by atoms with van der Waals surface area (Å²) in [6, 6.07) is 44.8. The first kappa shape index (κ1) is 28.7. The van der Waals surface area contributed by atoms with Crippen molar-refractivity contribution in [2.24, 2.45) is 0 Å². The summed E-state index contributed by atoms with van der Waals surface area (Å²) >= 11 is 0. The minimum absolute atomic E-state index is 0.0256. The molecule has 0 atom stereocenters. The van der Waals surface area contributed by atoms with Crippen molar-refractivity contribution in [1.29, 1.82) is 0 Å². The molecule has 222 valence electrons. The lowest BCUT2D eigenvalue weighted by molar-refractivity contribution is -0.274. The predicted octanol–water partition coefficient (Wildman–Crippen LogP) is 12.3. The number of fused-ring (bicyclic) bond motifs is 3. The fourth-order valence-corrected chi connectivity index (χ4v) is 6.31. The largest absolute Gasteiger partial charge is 0.573 e. The van der Waals surface area contributed by atoms with Crippen LogP contribution in [0.2, 0.25) is 0 Å². The molecule has 45 heavy (non-hydrogen) atoms. The second-order valence-corrected chi connectivity index (χ2v) is 12.5. The zero-order chi connectivity index (χ0) is 31.3. The highest BCUT2D eigenvalue weighted by Crippen LogP contribution is 2.45. The van der Waals surface area contributed by atoms with Crippen LogP contribution in [-0.4, -0.2) is 6.36 Å². The normalized spacial score (nSPS) is 12.2. The van der Waals surface area contributed by atoms with Gasteiger partial charge in [-0.2, -0.15) is 0 Å². The van der Waals surface area contributed by atoms with Crippen molar-refractivity contribution in [3.8, 4) is 39.1 Å². The van der Waals surface area contributed by atoms with Gasteiger partial charge >= 0.3 is 6.36 Å². The van der Waals surface area contributed by atoms with Gasteiger partial charge in [0.2, 0.25) is 0 Å². The summed E-state index contributed by atoms with van der Waals surface area (Å²) in [6.45, 7) is 6.63. The molecule has 0 unspecified atom stereocenters. The SMILES string of the molecule is CC(C)(C)c1ccc(-c2c3ccccc3c(-c3ccc4ccccc4c3)c3ccc(-c4ccc(OC(F)(F)F)cc4)cc23)cc1. The fraction of sp³-hybridized carbons (Fsp3) is 0.122. The third-order valence-electron chi connectivity index (χ3n) is 8.52. The molecule has 4 heteroatoms. The van der Waals surface area contributed by atoms with E-state index in [0.717, 1.165) is 54.9 Å². The lowest BCUT2D eigenvalue weighted by Gasteiger charge is -2.21. The highest BCUT2D eigenvalue weighted by molar-refractivity contribution is 6.22. The van der Waals surface area contributed by atoms with Gasteiger partial charge in [-0.3, -0.25) is 0 Å². The fourth-order valence-electron chi connectivity index (χ4n) is 6.31. The Kier molecular flexibility index (Phi) is 6.89. The molecular weight excluding hydrogens is 565 g/mol. The molecule has 0 saturated carbocycles. The van der Waals surface area contributed by atoms with Crippen LogP contribution in [0.1, 0.15) is 26.3 Å². The molecule has 0 radical (unpaired) electrons. The third-order valence-corrected chi connectivity index (χ3v) is 8.52. The number of ether oxygens (including phenoxy) is 1. The molecule has 0 heterocycles. The molecule has 0 saturated heterocycles. The van der Waals surface area contributed by atoms with Gasteiger partial charge in [-0.25, -0.2) is 0 Å². The molecule has 0 aliphatic heterocycles. The van der Waals surface area contributed by atoms with Crippen LogP contribution < -0.4 is 4.74 Å². The Morgan fingerprint density at radius 2 is 0.978 bits per heavy atom. The first-order valence-corrected chi connectivity index (χ1v) is 15.0. The number of rotatable bonds is 4. The number of alkyl halides is 3. The number of hydrogen-bond acceptors (Lipinski definition) is 1. The van der Waals surface area contributed by atoms with Crippen molar-refractivity contribution in [1.82, 2.24) is 0 Å². The van der Waals surface area contributed by atoms with E-state index in [9.17, 15) is 13.2 Å². The van der Waals surface area contributed by atoms with Crippen molar-refractivity contribution in [3.05, 3.63) is 139 Å². The molecule has 0 aliphatic carbocycles. The van der Waals surface area contributed by atoms with E-state index >= 15 is 0 Å². The summed E-state index contributed by atoms with van der Waals surface area (Å²) in [5.74, 6) is -0.240. The van der Waals surface area contributed by atoms with Gasteiger partial charge in [0.1, 0.15) is 5.75 Å². The Labute approximate surface area is 260 Å². The predicted molar refractivity (Wildman–Crippen MR) is 181 cm³/mol. The summed E-state index contributed by atoms with van der Waals surface area (Å²) in [6.07, 6.45) is -4.73. The minimum atomic E-state index is -4.73. The average Bonchev–Trinajstić information content (AvgIpc) is 3.02. The van der Waals surface area contributed by atoms with E-state index in [1.165, 1.54) is 28.5 Å². The summed E-state index contributed by atoms with van der Waals surface area (Å²) in [5.41, 5.74) is 7.53. The van der Waals surface area contributed by atoms with E-state index in [0.29, 0.717) is 0 Å². The number of hydrogen-bond donors (Lipinski definition) is 0. The molecule has 7 rings (SSSR count). The van der Waals surface area contributed by atoms with Crippen molar-refractivity contribution < 1.29 is 17.9 Å². The summed E-state index contributed by atoms with van der Waals surface area (Å²) < 4.78 is 42.5.